The summed E-state index contributed by atoms with van der Waals surface area (Å²) in [7, 11) is -1.13. The van der Waals surface area contributed by atoms with Crippen LogP contribution in [0.1, 0.15) is 39.0 Å². The van der Waals surface area contributed by atoms with Gasteiger partial charge in [0.2, 0.25) is 10.0 Å². The molecule has 0 amide bonds. The van der Waals surface area contributed by atoms with Gasteiger partial charge in [0.05, 0.1) is 5.75 Å². The van der Waals surface area contributed by atoms with Gasteiger partial charge in [-0.1, -0.05) is 13.3 Å². The van der Waals surface area contributed by atoms with Crippen LogP contribution in [0.25, 0.3) is 0 Å². The van der Waals surface area contributed by atoms with Crippen LogP contribution in [0.15, 0.2) is 0 Å². The number of hydrogen-bond donors (Lipinski definition) is 1. The second kappa shape index (κ2) is 7.34. The zero-order chi connectivity index (χ0) is 12.7. The lowest BCUT2D eigenvalue weighted by Gasteiger charge is -2.31. The van der Waals surface area contributed by atoms with Crippen molar-refractivity contribution in [1.82, 2.24) is 9.62 Å². The van der Waals surface area contributed by atoms with Gasteiger partial charge in [-0.15, -0.1) is 0 Å². The fourth-order valence-electron chi connectivity index (χ4n) is 2.12. The Bertz CT molecular complexity index is 300. The van der Waals surface area contributed by atoms with Crippen molar-refractivity contribution in [3.05, 3.63) is 0 Å². The Kier molecular flexibility index (Phi) is 6.44. The number of hydrogen-bond acceptors (Lipinski definition) is 3. The molecular formula is C12H26N2O2S. The van der Waals surface area contributed by atoms with E-state index in [0.717, 1.165) is 25.9 Å². The maximum absolute atomic E-state index is 12.1. The van der Waals surface area contributed by atoms with Crippen molar-refractivity contribution in [2.75, 3.05) is 32.4 Å². The number of unbranched alkanes of at least 4 members (excludes halogenated alkanes) is 1. The molecule has 5 heteroatoms. The molecule has 1 aliphatic carbocycles. The van der Waals surface area contributed by atoms with E-state index in [1.54, 1.807) is 4.31 Å². The van der Waals surface area contributed by atoms with Crippen LogP contribution in [0.2, 0.25) is 0 Å². The maximum Gasteiger partial charge on any atom is 0.214 e. The smallest absolute Gasteiger partial charge is 0.214 e. The minimum Gasteiger partial charge on any atom is -0.320 e. The molecule has 102 valence electrons. The van der Waals surface area contributed by atoms with Gasteiger partial charge in [0.15, 0.2) is 0 Å². The minimum atomic E-state index is -3.02. The molecule has 0 spiro atoms. The molecule has 17 heavy (non-hydrogen) atoms. The molecular weight excluding hydrogens is 236 g/mol. The summed E-state index contributed by atoms with van der Waals surface area (Å²) in [5, 5.41) is 3.04. The summed E-state index contributed by atoms with van der Waals surface area (Å²) in [6, 6.07) is 0. The topological polar surface area (TPSA) is 49.4 Å². The lowest BCUT2D eigenvalue weighted by molar-refractivity contribution is 0.250. The summed E-state index contributed by atoms with van der Waals surface area (Å²) >= 11 is 0. The first-order valence-corrected chi connectivity index (χ1v) is 8.33. The monoisotopic (exact) mass is 262 g/mol. The molecule has 0 bridgehead atoms. The third-order valence-corrected chi connectivity index (χ3v) is 5.51. The molecule has 0 unspecified atom stereocenters. The Hall–Kier alpha value is -0.130. The van der Waals surface area contributed by atoms with Gasteiger partial charge in [0.25, 0.3) is 0 Å². The fourth-order valence-corrected chi connectivity index (χ4v) is 3.78. The Morgan fingerprint density at radius 1 is 1.29 bits per heavy atom. The third kappa shape index (κ3) is 4.94. The molecule has 4 nitrogen and oxygen atoms in total. The van der Waals surface area contributed by atoms with E-state index in [-0.39, 0.29) is 0 Å². The molecule has 0 radical (unpaired) electrons. The highest BCUT2D eigenvalue weighted by Gasteiger charge is 2.26. The molecule has 0 heterocycles. The van der Waals surface area contributed by atoms with Gasteiger partial charge < -0.3 is 5.32 Å². The van der Waals surface area contributed by atoms with Crippen LogP contribution in [-0.2, 0) is 10.0 Å². The van der Waals surface area contributed by atoms with E-state index in [2.05, 4.69) is 5.32 Å². The highest BCUT2D eigenvalue weighted by Crippen LogP contribution is 2.27. The first-order chi connectivity index (χ1) is 8.10. The largest absolute Gasteiger partial charge is 0.320 e. The first kappa shape index (κ1) is 14.9. The van der Waals surface area contributed by atoms with Crippen molar-refractivity contribution in [3.8, 4) is 0 Å². The van der Waals surface area contributed by atoms with Crippen LogP contribution in [0.4, 0.5) is 0 Å². The predicted molar refractivity (Wildman–Crippen MR) is 71.5 cm³/mol. The molecule has 1 fully saturated rings. The molecule has 0 aromatic carbocycles. The second-order valence-corrected chi connectivity index (χ2v) is 6.96. The Balaban J connectivity index is 2.35. The summed E-state index contributed by atoms with van der Waals surface area (Å²) in [4.78, 5) is 0. The van der Waals surface area contributed by atoms with Gasteiger partial charge in [-0.05, 0) is 45.2 Å². The Labute approximate surface area is 106 Å². The van der Waals surface area contributed by atoms with Crippen LogP contribution in [0.5, 0.6) is 0 Å². The van der Waals surface area contributed by atoms with Gasteiger partial charge in [-0.25, -0.2) is 12.7 Å². The SMILES string of the molecule is CCN(CC1CCC1)S(=O)(=O)CCCCNC. The van der Waals surface area contributed by atoms with Crippen LogP contribution >= 0.6 is 0 Å². The minimum absolute atomic E-state index is 0.301. The molecule has 0 saturated heterocycles. The zero-order valence-corrected chi connectivity index (χ0v) is 11.9. The van der Waals surface area contributed by atoms with Crippen LogP contribution in [0, 0.1) is 5.92 Å². The summed E-state index contributed by atoms with van der Waals surface area (Å²) in [6.07, 6.45) is 5.35. The van der Waals surface area contributed by atoms with Crippen molar-refractivity contribution in [2.24, 2.45) is 5.92 Å². The standard InChI is InChI=1S/C12H26N2O2S/c1-3-14(11-12-7-6-8-12)17(15,16)10-5-4-9-13-2/h12-13H,3-11H2,1-2H3. The summed E-state index contributed by atoms with van der Waals surface area (Å²) in [6.45, 7) is 4.18. The maximum atomic E-state index is 12.1. The highest BCUT2D eigenvalue weighted by atomic mass is 32.2. The number of sulfonamides is 1. The van der Waals surface area contributed by atoms with Gasteiger partial charge >= 0.3 is 0 Å². The fraction of sp³-hybridized carbons (Fsp3) is 1.00. The van der Waals surface area contributed by atoms with E-state index in [1.807, 2.05) is 14.0 Å². The van der Waals surface area contributed by atoms with Crippen molar-refractivity contribution in [1.29, 1.82) is 0 Å². The lowest BCUT2D eigenvalue weighted by Crippen LogP contribution is -2.38. The molecule has 1 aliphatic rings. The Morgan fingerprint density at radius 2 is 2.00 bits per heavy atom. The molecule has 0 aliphatic heterocycles. The zero-order valence-electron chi connectivity index (χ0n) is 11.1. The van der Waals surface area contributed by atoms with E-state index >= 15 is 0 Å². The molecule has 1 saturated carbocycles. The first-order valence-electron chi connectivity index (χ1n) is 6.72. The Morgan fingerprint density at radius 3 is 2.47 bits per heavy atom. The molecule has 1 N–H and O–H groups in total. The molecule has 0 aromatic heterocycles. The van der Waals surface area contributed by atoms with Crippen LogP contribution in [0.3, 0.4) is 0 Å². The van der Waals surface area contributed by atoms with E-state index < -0.39 is 10.0 Å². The number of nitrogens with one attached hydrogen (secondary N) is 1. The van der Waals surface area contributed by atoms with Gasteiger partial charge in [-0.3, -0.25) is 0 Å². The summed E-state index contributed by atoms with van der Waals surface area (Å²) < 4.78 is 25.9. The van der Waals surface area contributed by atoms with Crippen molar-refractivity contribution in [2.45, 2.75) is 39.0 Å². The van der Waals surface area contributed by atoms with Crippen LogP contribution in [-0.4, -0.2) is 45.2 Å². The average molecular weight is 262 g/mol. The molecule has 0 aromatic rings. The number of nitrogens with zero attached hydrogens (tertiary/aromatic N) is 1. The normalized spacial score (nSPS) is 17.4. The molecule has 0 atom stereocenters. The van der Waals surface area contributed by atoms with Crippen molar-refractivity contribution < 1.29 is 8.42 Å². The van der Waals surface area contributed by atoms with Gasteiger partial charge in [0, 0.05) is 13.1 Å². The summed E-state index contributed by atoms with van der Waals surface area (Å²) in [5.74, 6) is 0.914. The van der Waals surface area contributed by atoms with Crippen molar-refractivity contribution in [3.63, 3.8) is 0 Å². The molecule has 1 rings (SSSR count). The predicted octanol–water partition coefficient (Wildman–Crippen LogP) is 1.44. The van der Waals surface area contributed by atoms with Crippen LogP contribution < -0.4 is 5.32 Å². The van der Waals surface area contributed by atoms with Gasteiger partial charge in [-0.2, -0.15) is 0 Å². The average Bonchev–Trinajstić information content (AvgIpc) is 2.23. The number of rotatable bonds is 9. The van der Waals surface area contributed by atoms with E-state index in [9.17, 15) is 8.42 Å². The summed E-state index contributed by atoms with van der Waals surface area (Å²) in [5.41, 5.74) is 0. The quantitative estimate of drug-likeness (QED) is 0.640. The second-order valence-electron chi connectivity index (χ2n) is 4.87. The van der Waals surface area contributed by atoms with E-state index in [0.29, 0.717) is 18.2 Å². The van der Waals surface area contributed by atoms with E-state index in [1.165, 1.54) is 19.3 Å². The van der Waals surface area contributed by atoms with Crippen molar-refractivity contribution >= 4 is 10.0 Å². The highest BCUT2D eigenvalue weighted by molar-refractivity contribution is 7.89. The lowest BCUT2D eigenvalue weighted by atomic mass is 9.85. The third-order valence-electron chi connectivity index (χ3n) is 3.51. The van der Waals surface area contributed by atoms with E-state index in [4.69, 9.17) is 0 Å². The van der Waals surface area contributed by atoms with Gasteiger partial charge in [0.1, 0.15) is 0 Å².